The highest BCUT2D eigenvalue weighted by Gasteiger charge is 2.32. The van der Waals surface area contributed by atoms with Crippen molar-refractivity contribution >= 4 is 11.9 Å². The average molecular weight is 354 g/mol. The second kappa shape index (κ2) is 8.65. The van der Waals surface area contributed by atoms with Crippen LogP contribution in [0.25, 0.3) is 0 Å². The Balaban J connectivity index is 2.36. The molecular formula is C22H26O4. The highest BCUT2D eigenvalue weighted by Crippen LogP contribution is 2.34. The van der Waals surface area contributed by atoms with Gasteiger partial charge >= 0.3 is 11.9 Å². The molecule has 0 aromatic heterocycles. The molecule has 0 amide bonds. The predicted octanol–water partition coefficient (Wildman–Crippen LogP) is 5.01. The van der Waals surface area contributed by atoms with Crippen LogP contribution in [0.3, 0.4) is 0 Å². The second-order valence-electron chi connectivity index (χ2n) is 7.15. The van der Waals surface area contributed by atoms with E-state index in [0.717, 1.165) is 5.56 Å². The Morgan fingerprint density at radius 3 is 1.85 bits per heavy atom. The number of esters is 1. The average Bonchev–Trinajstić information content (AvgIpc) is 2.61. The van der Waals surface area contributed by atoms with E-state index in [4.69, 9.17) is 4.74 Å². The van der Waals surface area contributed by atoms with Gasteiger partial charge in [-0.25, -0.2) is 9.59 Å². The summed E-state index contributed by atoms with van der Waals surface area (Å²) >= 11 is 0. The molecule has 4 heteroatoms. The fraction of sp³-hybridized carbons (Fsp3) is 0.364. The van der Waals surface area contributed by atoms with E-state index in [9.17, 15) is 14.7 Å². The Hall–Kier alpha value is -2.62. The zero-order valence-corrected chi connectivity index (χ0v) is 15.7. The zero-order chi connectivity index (χ0) is 19.3. The minimum Gasteiger partial charge on any atom is -0.478 e. The summed E-state index contributed by atoms with van der Waals surface area (Å²) in [5.41, 5.74) is 1.16. The number of carboxylic acids is 1. The first kappa shape index (κ1) is 19.7. The third-order valence-corrected chi connectivity index (χ3v) is 4.53. The Bertz CT molecular complexity index is 750. The van der Waals surface area contributed by atoms with E-state index in [-0.39, 0.29) is 35.0 Å². The van der Waals surface area contributed by atoms with Gasteiger partial charge in [0.2, 0.25) is 0 Å². The number of hydrogen-bond acceptors (Lipinski definition) is 3. The van der Waals surface area contributed by atoms with E-state index in [1.807, 2.05) is 44.2 Å². The third-order valence-electron chi connectivity index (χ3n) is 4.53. The van der Waals surface area contributed by atoms with Crippen LogP contribution in [-0.2, 0) is 4.74 Å². The lowest BCUT2D eigenvalue weighted by Gasteiger charge is -2.33. The molecule has 0 heterocycles. The van der Waals surface area contributed by atoms with Crippen LogP contribution in [0.5, 0.6) is 0 Å². The quantitative estimate of drug-likeness (QED) is 0.710. The van der Waals surface area contributed by atoms with Gasteiger partial charge in [-0.1, -0.05) is 70.2 Å². The summed E-state index contributed by atoms with van der Waals surface area (Å²) in [7, 11) is 0. The SMILES string of the molecule is CC(C)[C@@H](OC(=O)c1ccccc1C(=O)O)[C@H](c1ccccc1)C(C)C. The van der Waals surface area contributed by atoms with Crippen molar-refractivity contribution in [3.63, 3.8) is 0 Å². The van der Waals surface area contributed by atoms with Crippen LogP contribution >= 0.6 is 0 Å². The molecule has 0 saturated heterocycles. The van der Waals surface area contributed by atoms with Gasteiger partial charge in [0, 0.05) is 5.92 Å². The number of ether oxygens (including phenoxy) is 1. The molecule has 2 aromatic rings. The summed E-state index contributed by atoms with van der Waals surface area (Å²) in [6, 6.07) is 16.1. The molecule has 1 N–H and O–H groups in total. The number of benzene rings is 2. The molecule has 2 atom stereocenters. The molecule has 138 valence electrons. The maximum atomic E-state index is 12.8. The van der Waals surface area contributed by atoms with E-state index < -0.39 is 11.9 Å². The van der Waals surface area contributed by atoms with Crippen molar-refractivity contribution < 1.29 is 19.4 Å². The van der Waals surface area contributed by atoms with Crippen LogP contribution in [0, 0.1) is 11.8 Å². The third kappa shape index (κ3) is 4.51. The van der Waals surface area contributed by atoms with Gasteiger partial charge in [0.1, 0.15) is 6.10 Å². The van der Waals surface area contributed by atoms with Crippen LogP contribution in [0.2, 0.25) is 0 Å². The fourth-order valence-electron chi connectivity index (χ4n) is 3.29. The Morgan fingerprint density at radius 1 is 0.808 bits per heavy atom. The van der Waals surface area contributed by atoms with Crippen molar-refractivity contribution in [1.82, 2.24) is 0 Å². The van der Waals surface area contributed by atoms with Crippen molar-refractivity contribution in [2.75, 3.05) is 0 Å². The van der Waals surface area contributed by atoms with E-state index in [1.165, 1.54) is 12.1 Å². The number of rotatable bonds is 7. The minimum atomic E-state index is -1.14. The van der Waals surface area contributed by atoms with Crippen LogP contribution in [-0.4, -0.2) is 23.1 Å². The molecule has 0 aliphatic carbocycles. The molecular weight excluding hydrogens is 328 g/mol. The van der Waals surface area contributed by atoms with E-state index >= 15 is 0 Å². The lowest BCUT2D eigenvalue weighted by Crippen LogP contribution is -2.33. The molecule has 2 rings (SSSR count). The van der Waals surface area contributed by atoms with Crippen molar-refractivity contribution in [3.05, 3.63) is 71.3 Å². The molecule has 0 aliphatic heterocycles. The van der Waals surface area contributed by atoms with Crippen molar-refractivity contribution in [2.45, 2.75) is 39.7 Å². The van der Waals surface area contributed by atoms with Crippen LogP contribution in [0.4, 0.5) is 0 Å². The van der Waals surface area contributed by atoms with Gasteiger partial charge in [-0.2, -0.15) is 0 Å². The lowest BCUT2D eigenvalue weighted by atomic mass is 9.79. The van der Waals surface area contributed by atoms with Gasteiger partial charge in [0.25, 0.3) is 0 Å². The summed E-state index contributed by atoms with van der Waals surface area (Å²) in [5, 5.41) is 9.33. The van der Waals surface area contributed by atoms with Gasteiger partial charge in [0.15, 0.2) is 0 Å². The highest BCUT2D eigenvalue weighted by molar-refractivity contribution is 6.02. The van der Waals surface area contributed by atoms with Gasteiger partial charge in [-0.15, -0.1) is 0 Å². The summed E-state index contributed by atoms with van der Waals surface area (Å²) in [4.78, 5) is 24.2. The van der Waals surface area contributed by atoms with Crippen LogP contribution < -0.4 is 0 Å². The standard InChI is InChI=1S/C22H26O4/c1-14(2)19(16-10-6-5-7-11-16)20(15(3)4)26-22(25)18-13-9-8-12-17(18)21(23)24/h5-15,19-20H,1-4H3,(H,23,24)/t19-,20+/m0/s1. The van der Waals surface area contributed by atoms with E-state index in [0.29, 0.717) is 0 Å². The summed E-state index contributed by atoms with van der Waals surface area (Å²) < 4.78 is 5.86. The minimum absolute atomic E-state index is 0.0251. The number of carbonyl (C=O) groups excluding carboxylic acids is 1. The first-order valence-corrected chi connectivity index (χ1v) is 8.91. The molecule has 0 unspecified atom stereocenters. The molecule has 26 heavy (non-hydrogen) atoms. The molecule has 0 saturated carbocycles. The molecule has 0 aliphatic rings. The molecule has 0 bridgehead atoms. The fourth-order valence-corrected chi connectivity index (χ4v) is 3.29. The largest absolute Gasteiger partial charge is 0.478 e. The molecule has 0 radical (unpaired) electrons. The number of hydrogen-bond donors (Lipinski definition) is 1. The van der Waals surface area contributed by atoms with E-state index in [1.54, 1.807) is 12.1 Å². The van der Waals surface area contributed by atoms with Crippen molar-refractivity contribution in [1.29, 1.82) is 0 Å². The van der Waals surface area contributed by atoms with Gasteiger partial charge in [0.05, 0.1) is 11.1 Å². The van der Waals surface area contributed by atoms with Crippen LogP contribution in [0.1, 0.15) is 59.9 Å². The number of carboxylic acid groups (broad SMARTS) is 1. The van der Waals surface area contributed by atoms with Gasteiger partial charge in [-0.3, -0.25) is 0 Å². The normalized spacial score (nSPS) is 13.5. The number of aromatic carboxylic acids is 1. The molecule has 0 fully saturated rings. The summed E-state index contributed by atoms with van der Waals surface area (Å²) in [6.45, 7) is 8.23. The predicted molar refractivity (Wildman–Crippen MR) is 101 cm³/mol. The topological polar surface area (TPSA) is 63.6 Å². The Labute approximate surface area is 154 Å². The first-order valence-electron chi connectivity index (χ1n) is 8.91. The Morgan fingerprint density at radius 2 is 1.35 bits per heavy atom. The van der Waals surface area contributed by atoms with Crippen LogP contribution in [0.15, 0.2) is 54.6 Å². The maximum Gasteiger partial charge on any atom is 0.339 e. The van der Waals surface area contributed by atoms with E-state index in [2.05, 4.69) is 13.8 Å². The van der Waals surface area contributed by atoms with Crippen molar-refractivity contribution in [2.24, 2.45) is 11.8 Å². The highest BCUT2D eigenvalue weighted by atomic mass is 16.5. The number of carbonyl (C=O) groups is 2. The molecule has 0 spiro atoms. The second-order valence-corrected chi connectivity index (χ2v) is 7.15. The van der Waals surface area contributed by atoms with Gasteiger partial charge < -0.3 is 9.84 Å². The smallest absolute Gasteiger partial charge is 0.339 e. The monoisotopic (exact) mass is 354 g/mol. The lowest BCUT2D eigenvalue weighted by molar-refractivity contribution is 0.00358. The Kier molecular flexibility index (Phi) is 6.56. The first-order chi connectivity index (χ1) is 12.3. The van der Waals surface area contributed by atoms with Gasteiger partial charge in [-0.05, 0) is 29.5 Å². The molecule has 4 nitrogen and oxygen atoms in total. The molecule has 2 aromatic carbocycles. The summed E-state index contributed by atoms with van der Waals surface area (Å²) in [5.74, 6) is -1.36. The summed E-state index contributed by atoms with van der Waals surface area (Å²) in [6.07, 6.45) is -0.355. The zero-order valence-electron chi connectivity index (χ0n) is 15.7. The maximum absolute atomic E-state index is 12.8. The van der Waals surface area contributed by atoms with Crippen molar-refractivity contribution in [3.8, 4) is 0 Å².